The molecule has 0 saturated carbocycles. The summed E-state index contributed by atoms with van der Waals surface area (Å²) in [5.41, 5.74) is 6.15. The Hall–Kier alpha value is -1.26. The Morgan fingerprint density at radius 1 is 1.29 bits per heavy atom. The summed E-state index contributed by atoms with van der Waals surface area (Å²) in [7, 11) is 0. The molecule has 0 saturated heterocycles. The second kappa shape index (κ2) is 4.30. The summed E-state index contributed by atoms with van der Waals surface area (Å²) in [4.78, 5) is 0. The zero-order valence-electron chi connectivity index (χ0n) is 8.01. The fraction of sp³-hybridized carbons (Fsp3) is 0.400. The third-order valence-corrected chi connectivity index (χ3v) is 2.22. The van der Waals surface area contributed by atoms with Crippen LogP contribution in [0.15, 0.2) is 18.2 Å². The van der Waals surface area contributed by atoms with Gasteiger partial charge in [0.2, 0.25) is 0 Å². The average molecular weight is 197 g/mol. The monoisotopic (exact) mass is 197 g/mol. The van der Waals surface area contributed by atoms with Gasteiger partial charge in [-0.1, -0.05) is 13.0 Å². The molecule has 0 radical (unpaired) electrons. The van der Waals surface area contributed by atoms with Crippen molar-refractivity contribution in [3.8, 4) is 11.5 Å². The number of aliphatic hydroxyl groups is 1. The van der Waals surface area contributed by atoms with Crippen LogP contribution < -0.4 is 5.73 Å². The molecule has 4 nitrogen and oxygen atoms in total. The summed E-state index contributed by atoms with van der Waals surface area (Å²) >= 11 is 0. The van der Waals surface area contributed by atoms with Gasteiger partial charge >= 0.3 is 0 Å². The topological polar surface area (TPSA) is 86.7 Å². The molecule has 0 spiro atoms. The van der Waals surface area contributed by atoms with Crippen molar-refractivity contribution < 1.29 is 15.3 Å². The van der Waals surface area contributed by atoms with E-state index in [1.807, 2.05) is 6.92 Å². The maximum absolute atomic E-state index is 9.69. The summed E-state index contributed by atoms with van der Waals surface area (Å²) in [5, 5.41) is 27.9. The van der Waals surface area contributed by atoms with Crippen LogP contribution in [0, 0.1) is 0 Å². The van der Waals surface area contributed by atoms with Crippen LogP contribution >= 0.6 is 0 Å². The number of rotatable bonds is 3. The number of phenols is 2. The number of phenolic OH excluding ortho intramolecular Hbond substituents is 2. The molecule has 0 aromatic heterocycles. The summed E-state index contributed by atoms with van der Waals surface area (Å²) in [6.45, 7) is 1.87. The van der Waals surface area contributed by atoms with E-state index < -0.39 is 6.10 Å². The van der Waals surface area contributed by atoms with Crippen molar-refractivity contribution in [3.63, 3.8) is 0 Å². The van der Waals surface area contributed by atoms with Crippen LogP contribution in [0.1, 0.15) is 25.0 Å². The van der Waals surface area contributed by atoms with E-state index in [0.717, 1.165) is 0 Å². The molecule has 1 aromatic rings. The van der Waals surface area contributed by atoms with Gasteiger partial charge in [0.05, 0.1) is 6.10 Å². The lowest BCUT2D eigenvalue weighted by atomic mass is 10.0. The molecule has 0 aliphatic carbocycles. The van der Waals surface area contributed by atoms with Crippen molar-refractivity contribution in [2.75, 3.05) is 0 Å². The van der Waals surface area contributed by atoms with Crippen LogP contribution in [0.3, 0.4) is 0 Å². The van der Waals surface area contributed by atoms with Gasteiger partial charge < -0.3 is 21.1 Å². The molecule has 14 heavy (non-hydrogen) atoms. The van der Waals surface area contributed by atoms with Gasteiger partial charge in [-0.05, 0) is 24.1 Å². The fourth-order valence-corrected chi connectivity index (χ4v) is 1.19. The third kappa shape index (κ3) is 2.16. The van der Waals surface area contributed by atoms with E-state index in [9.17, 15) is 10.2 Å². The first-order chi connectivity index (χ1) is 6.56. The molecular formula is C10H15NO3. The Bertz CT molecular complexity index is 314. The first-order valence-corrected chi connectivity index (χ1v) is 4.51. The van der Waals surface area contributed by atoms with E-state index in [4.69, 9.17) is 10.8 Å². The second-order valence-electron chi connectivity index (χ2n) is 3.27. The predicted octanol–water partition coefficient (Wildman–Crippen LogP) is 0.868. The van der Waals surface area contributed by atoms with Crippen LogP contribution in [0.2, 0.25) is 0 Å². The van der Waals surface area contributed by atoms with Gasteiger partial charge in [-0.15, -0.1) is 0 Å². The molecule has 2 unspecified atom stereocenters. The van der Waals surface area contributed by atoms with Gasteiger partial charge in [0.15, 0.2) is 11.5 Å². The van der Waals surface area contributed by atoms with Crippen molar-refractivity contribution in [3.05, 3.63) is 23.8 Å². The first-order valence-electron chi connectivity index (χ1n) is 4.51. The number of aliphatic hydroxyl groups excluding tert-OH is 1. The smallest absolute Gasteiger partial charge is 0.157 e. The van der Waals surface area contributed by atoms with Crippen molar-refractivity contribution in [1.82, 2.24) is 0 Å². The van der Waals surface area contributed by atoms with Gasteiger partial charge in [-0.2, -0.15) is 0 Å². The molecule has 1 rings (SSSR count). The quantitative estimate of drug-likeness (QED) is 0.541. The molecule has 1 aromatic carbocycles. The van der Waals surface area contributed by atoms with Crippen molar-refractivity contribution in [2.24, 2.45) is 5.73 Å². The second-order valence-corrected chi connectivity index (χ2v) is 3.27. The molecule has 0 fully saturated rings. The SMILES string of the molecule is CCC(N)C(O)c1ccc(O)c(O)c1. The van der Waals surface area contributed by atoms with E-state index in [-0.39, 0.29) is 17.5 Å². The number of aromatic hydroxyl groups is 2. The van der Waals surface area contributed by atoms with Gasteiger partial charge in [-0.25, -0.2) is 0 Å². The van der Waals surface area contributed by atoms with Crippen LogP contribution in [0.4, 0.5) is 0 Å². The minimum atomic E-state index is -0.813. The first kappa shape index (κ1) is 10.8. The Morgan fingerprint density at radius 2 is 1.93 bits per heavy atom. The van der Waals surface area contributed by atoms with Crippen LogP contribution in [0.25, 0.3) is 0 Å². The lowest BCUT2D eigenvalue weighted by molar-refractivity contribution is 0.144. The van der Waals surface area contributed by atoms with Gasteiger partial charge in [0.25, 0.3) is 0 Å². The standard InChI is InChI=1S/C10H15NO3/c1-2-7(11)10(14)6-3-4-8(12)9(13)5-6/h3-5,7,10,12-14H,2,11H2,1H3. The zero-order chi connectivity index (χ0) is 10.7. The fourth-order valence-electron chi connectivity index (χ4n) is 1.19. The Kier molecular flexibility index (Phi) is 3.33. The van der Waals surface area contributed by atoms with Crippen LogP contribution in [0.5, 0.6) is 11.5 Å². The van der Waals surface area contributed by atoms with Crippen molar-refractivity contribution in [2.45, 2.75) is 25.5 Å². The van der Waals surface area contributed by atoms with Crippen molar-refractivity contribution >= 4 is 0 Å². The van der Waals surface area contributed by atoms with E-state index in [0.29, 0.717) is 12.0 Å². The molecule has 4 heteroatoms. The van der Waals surface area contributed by atoms with Gasteiger partial charge in [-0.3, -0.25) is 0 Å². The lowest BCUT2D eigenvalue weighted by Crippen LogP contribution is -2.27. The largest absolute Gasteiger partial charge is 0.504 e. The summed E-state index contributed by atoms with van der Waals surface area (Å²) in [5.74, 6) is -0.448. The summed E-state index contributed by atoms with van der Waals surface area (Å²) < 4.78 is 0. The Labute approximate surface area is 82.6 Å². The molecule has 78 valence electrons. The van der Waals surface area contributed by atoms with Gasteiger partial charge in [0, 0.05) is 6.04 Å². The average Bonchev–Trinajstić information content (AvgIpc) is 2.20. The maximum atomic E-state index is 9.69. The highest BCUT2D eigenvalue weighted by Crippen LogP contribution is 2.28. The lowest BCUT2D eigenvalue weighted by Gasteiger charge is -2.17. The minimum absolute atomic E-state index is 0.203. The Morgan fingerprint density at radius 3 is 2.43 bits per heavy atom. The number of benzene rings is 1. The highest BCUT2D eigenvalue weighted by molar-refractivity contribution is 5.41. The molecule has 5 N–H and O–H groups in total. The molecule has 0 bridgehead atoms. The highest BCUT2D eigenvalue weighted by Gasteiger charge is 2.16. The summed E-state index contributed by atoms with van der Waals surface area (Å²) in [6, 6.07) is 3.82. The van der Waals surface area contributed by atoms with Crippen molar-refractivity contribution in [1.29, 1.82) is 0 Å². The third-order valence-electron chi connectivity index (χ3n) is 2.22. The molecule has 2 atom stereocenters. The maximum Gasteiger partial charge on any atom is 0.157 e. The van der Waals surface area contributed by atoms with Crippen LogP contribution in [-0.2, 0) is 0 Å². The van der Waals surface area contributed by atoms with E-state index >= 15 is 0 Å². The van der Waals surface area contributed by atoms with E-state index in [1.165, 1.54) is 18.2 Å². The zero-order valence-corrected chi connectivity index (χ0v) is 8.01. The van der Waals surface area contributed by atoms with Crippen LogP contribution in [-0.4, -0.2) is 21.4 Å². The molecular weight excluding hydrogens is 182 g/mol. The number of hydrogen-bond donors (Lipinski definition) is 4. The van der Waals surface area contributed by atoms with E-state index in [2.05, 4.69) is 0 Å². The number of hydrogen-bond acceptors (Lipinski definition) is 4. The Balaban J connectivity index is 2.91. The molecule has 0 amide bonds. The summed E-state index contributed by atoms with van der Waals surface area (Å²) in [6.07, 6.45) is -0.172. The molecule has 0 aliphatic rings. The molecule has 0 heterocycles. The van der Waals surface area contributed by atoms with Gasteiger partial charge in [0.1, 0.15) is 0 Å². The highest BCUT2D eigenvalue weighted by atomic mass is 16.3. The predicted molar refractivity (Wildman–Crippen MR) is 53.0 cm³/mol. The molecule has 0 aliphatic heterocycles. The minimum Gasteiger partial charge on any atom is -0.504 e. The number of nitrogens with two attached hydrogens (primary N) is 1. The van der Waals surface area contributed by atoms with E-state index in [1.54, 1.807) is 0 Å². The normalized spacial score (nSPS) is 15.1.